The van der Waals surface area contributed by atoms with Gasteiger partial charge in [0.15, 0.2) is 0 Å². The average molecular weight is 344 g/mol. The Kier molecular flexibility index (Phi) is 3.69. The maximum Gasteiger partial charge on any atom is 0.308 e. The van der Waals surface area contributed by atoms with Crippen LogP contribution >= 0.6 is 0 Å². The zero-order chi connectivity index (χ0) is 18.1. The maximum absolute atomic E-state index is 11.3. The Balaban J connectivity index is 2.21. The van der Waals surface area contributed by atoms with Crippen LogP contribution < -0.4 is 5.43 Å². The van der Waals surface area contributed by atoms with E-state index in [9.17, 15) is 30.3 Å². The average Bonchev–Trinajstić information content (AvgIpc) is 2.97. The summed E-state index contributed by atoms with van der Waals surface area (Å²) in [5, 5.41) is 33.4. The Labute approximate surface area is 137 Å². The number of imidazole rings is 1. The summed E-state index contributed by atoms with van der Waals surface area (Å²) in [5.41, 5.74) is 0.798. The molecule has 0 aliphatic carbocycles. The van der Waals surface area contributed by atoms with Gasteiger partial charge < -0.3 is 0 Å². The summed E-state index contributed by atoms with van der Waals surface area (Å²) in [5.74, 6) is 0. The van der Waals surface area contributed by atoms with Crippen LogP contribution in [0.3, 0.4) is 0 Å². The van der Waals surface area contributed by atoms with E-state index < -0.39 is 37.5 Å². The molecule has 0 atom stereocenters. The predicted octanol–water partition coefficient (Wildman–Crippen LogP) is 2.64. The first-order chi connectivity index (χ1) is 11.9. The highest BCUT2D eigenvalue weighted by Crippen LogP contribution is 2.38. The minimum Gasteiger partial charge on any atom is -0.281 e. The molecule has 1 aromatic heterocycles. The molecule has 12 heteroatoms. The number of rotatable bonds is 5. The van der Waals surface area contributed by atoms with Gasteiger partial charge in [-0.15, -0.1) is 0 Å². The van der Waals surface area contributed by atoms with Crippen molar-refractivity contribution in [2.75, 3.05) is 5.43 Å². The molecule has 0 amide bonds. The first-order valence-electron chi connectivity index (χ1n) is 6.69. The van der Waals surface area contributed by atoms with Crippen LogP contribution in [0.1, 0.15) is 0 Å². The van der Waals surface area contributed by atoms with Gasteiger partial charge in [0.05, 0.1) is 37.9 Å². The summed E-state index contributed by atoms with van der Waals surface area (Å²) in [6, 6.07) is 8.09. The topological polar surface area (TPSA) is 159 Å². The van der Waals surface area contributed by atoms with E-state index in [1.54, 1.807) is 24.3 Å². The number of benzene rings is 2. The third kappa shape index (κ3) is 2.78. The standard InChI is InChI=1S/C13H8N6O6/c20-17(21)8-5-11(18(22)23)13(12(6-8)19(24)25)15-16-7-14-9-3-1-2-4-10(9)16/h1-7,15H. The van der Waals surface area contributed by atoms with Gasteiger partial charge >= 0.3 is 11.4 Å². The Hall–Kier alpha value is -4.09. The molecule has 0 aliphatic rings. The van der Waals surface area contributed by atoms with Crippen LogP contribution in [0.4, 0.5) is 22.7 Å². The van der Waals surface area contributed by atoms with Crippen LogP contribution in [0.25, 0.3) is 11.0 Å². The highest BCUT2D eigenvalue weighted by atomic mass is 16.6. The second-order valence-corrected chi connectivity index (χ2v) is 4.85. The van der Waals surface area contributed by atoms with Crippen molar-refractivity contribution in [3.63, 3.8) is 0 Å². The van der Waals surface area contributed by atoms with E-state index in [-0.39, 0.29) is 0 Å². The van der Waals surface area contributed by atoms with Crippen molar-refractivity contribution in [2.24, 2.45) is 0 Å². The Morgan fingerprint density at radius 2 is 1.52 bits per heavy atom. The second-order valence-electron chi connectivity index (χ2n) is 4.85. The summed E-state index contributed by atoms with van der Waals surface area (Å²) < 4.78 is 1.26. The third-order valence-electron chi connectivity index (χ3n) is 3.37. The van der Waals surface area contributed by atoms with Crippen molar-refractivity contribution in [3.8, 4) is 0 Å². The normalized spacial score (nSPS) is 10.6. The van der Waals surface area contributed by atoms with Crippen molar-refractivity contribution in [1.82, 2.24) is 9.66 Å². The Morgan fingerprint density at radius 1 is 0.920 bits per heavy atom. The van der Waals surface area contributed by atoms with Crippen LogP contribution in [-0.2, 0) is 0 Å². The van der Waals surface area contributed by atoms with Gasteiger partial charge in [-0.05, 0) is 12.1 Å². The summed E-state index contributed by atoms with van der Waals surface area (Å²) in [6.45, 7) is 0. The molecule has 3 aromatic rings. The zero-order valence-corrected chi connectivity index (χ0v) is 12.2. The highest BCUT2D eigenvalue weighted by molar-refractivity contribution is 5.80. The van der Waals surface area contributed by atoms with E-state index in [1.165, 1.54) is 11.0 Å². The number of anilines is 1. The van der Waals surface area contributed by atoms with Crippen LogP contribution in [0.5, 0.6) is 0 Å². The Bertz CT molecular complexity index is 994. The number of nitro benzene ring substituents is 3. The molecule has 126 valence electrons. The molecule has 0 aliphatic heterocycles. The molecular weight excluding hydrogens is 336 g/mol. The largest absolute Gasteiger partial charge is 0.308 e. The summed E-state index contributed by atoms with van der Waals surface area (Å²) >= 11 is 0. The van der Waals surface area contributed by atoms with E-state index in [4.69, 9.17) is 0 Å². The number of nitrogens with one attached hydrogen (secondary N) is 1. The summed E-state index contributed by atoms with van der Waals surface area (Å²) in [7, 11) is 0. The molecule has 0 fully saturated rings. The van der Waals surface area contributed by atoms with E-state index >= 15 is 0 Å². The van der Waals surface area contributed by atoms with Crippen molar-refractivity contribution in [1.29, 1.82) is 0 Å². The van der Waals surface area contributed by atoms with Gasteiger partial charge in [0.25, 0.3) is 5.69 Å². The molecule has 0 saturated carbocycles. The minimum atomic E-state index is -0.934. The van der Waals surface area contributed by atoms with E-state index in [2.05, 4.69) is 10.4 Å². The molecule has 3 rings (SSSR count). The lowest BCUT2D eigenvalue weighted by Crippen LogP contribution is -2.11. The molecule has 0 radical (unpaired) electrons. The monoisotopic (exact) mass is 344 g/mol. The lowest BCUT2D eigenvalue weighted by atomic mass is 10.2. The smallest absolute Gasteiger partial charge is 0.281 e. The van der Waals surface area contributed by atoms with Gasteiger partial charge in [-0.3, -0.25) is 35.8 Å². The molecule has 1 heterocycles. The van der Waals surface area contributed by atoms with Crippen molar-refractivity contribution >= 4 is 33.8 Å². The lowest BCUT2D eigenvalue weighted by molar-refractivity contribution is -0.401. The lowest BCUT2D eigenvalue weighted by Gasteiger charge is -2.09. The van der Waals surface area contributed by atoms with Crippen LogP contribution in [0, 0.1) is 30.3 Å². The number of hydrogen-bond acceptors (Lipinski definition) is 8. The zero-order valence-electron chi connectivity index (χ0n) is 12.2. The number of nitrogens with zero attached hydrogens (tertiary/aromatic N) is 5. The minimum absolute atomic E-state index is 0.483. The van der Waals surface area contributed by atoms with Gasteiger partial charge in [-0.25, -0.2) is 9.66 Å². The number of para-hydroxylation sites is 2. The molecule has 12 nitrogen and oxygen atoms in total. The molecule has 0 spiro atoms. The summed E-state index contributed by atoms with van der Waals surface area (Å²) in [6.07, 6.45) is 1.29. The number of fused-ring (bicyclic) bond motifs is 1. The molecule has 0 unspecified atom stereocenters. The van der Waals surface area contributed by atoms with E-state index in [0.29, 0.717) is 23.2 Å². The first kappa shape index (κ1) is 15.8. The molecule has 1 N–H and O–H groups in total. The number of nitro groups is 3. The molecule has 0 bridgehead atoms. The molecular formula is C13H8N6O6. The van der Waals surface area contributed by atoms with Gasteiger partial charge in [0.2, 0.25) is 5.69 Å². The van der Waals surface area contributed by atoms with Crippen LogP contribution in [-0.4, -0.2) is 24.4 Å². The molecule has 25 heavy (non-hydrogen) atoms. The van der Waals surface area contributed by atoms with Crippen LogP contribution in [0.15, 0.2) is 42.7 Å². The second kappa shape index (κ2) is 5.84. The quantitative estimate of drug-likeness (QED) is 0.546. The molecule has 0 saturated heterocycles. The first-order valence-corrected chi connectivity index (χ1v) is 6.69. The number of non-ortho nitro benzene ring substituents is 1. The SMILES string of the molecule is O=[N+]([O-])c1cc([N+](=O)[O-])c(Nn2cnc3ccccc32)c([N+](=O)[O-])c1. The van der Waals surface area contributed by atoms with E-state index in [1.807, 2.05) is 0 Å². The molecule has 2 aromatic carbocycles. The van der Waals surface area contributed by atoms with Crippen molar-refractivity contribution < 1.29 is 14.8 Å². The van der Waals surface area contributed by atoms with Crippen molar-refractivity contribution in [2.45, 2.75) is 0 Å². The number of hydrogen-bond donors (Lipinski definition) is 1. The Morgan fingerprint density at radius 3 is 2.08 bits per heavy atom. The predicted molar refractivity (Wildman–Crippen MR) is 85.2 cm³/mol. The van der Waals surface area contributed by atoms with Gasteiger partial charge in [0, 0.05) is 0 Å². The fourth-order valence-electron chi connectivity index (χ4n) is 2.27. The fourth-order valence-corrected chi connectivity index (χ4v) is 2.27. The van der Waals surface area contributed by atoms with Crippen molar-refractivity contribution in [3.05, 3.63) is 73.1 Å². The van der Waals surface area contributed by atoms with Gasteiger partial charge in [0.1, 0.15) is 6.33 Å². The number of aromatic nitrogens is 2. The van der Waals surface area contributed by atoms with Gasteiger partial charge in [-0.2, -0.15) is 0 Å². The fraction of sp³-hybridized carbons (Fsp3) is 0. The third-order valence-corrected chi connectivity index (χ3v) is 3.37. The summed E-state index contributed by atoms with van der Waals surface area (Å²) in [4.78, 5) is 34.7. The van der Waals surface area contributed by atoms with Gasteiger partial charge in [-0.1, -0.05) is 12.1 Å². The maximum atomic E-state index is 11.3. The highest BCUT2D eigenvalue weighted by Gasteiger charge is 2.31. The van der Waals surface area contributed by atoms with Crippen LogP contribution in [0.2, 0.25) is 0 Å². The van der Waals surface area contributed by atoms with E-state index in [0.717, 1.165) is 0 Å².